The molecule has 3 aromatic carbocycles. The molecule has 7 nitrogen and oxygen atoms in total. The number of nitro benzene ring substituents is 1. The van der Waals surface area contributed by atoms with Gasteiger partial charge in [-0.15, -0.1) is 11.8 Å². The van der Waals surface area contributed by atoms with Crippen LogP contribution >= 0.6 is 23.4 Å². The third-order valence-corrected chi connectivity index (χ3v) is 5.62. The molecule has 0 fully saturated rings. The van der Waals surface area contributed by atoms with E-state index in [0.29, 0.717) is 10.6 Å². The lowest BCUT2D eigenvalue weighted by atomic mass is 10.1. The average molecular weight is 468 g/mol. The van der Waals surface area contributed by atoms with Crippen molar-refractivity contribution in [2.75, 3.05) is 0 Å². The first-order valence-electron chi connectivity index (χ1n) is 9.41. The van der Waals surface area contributed by atoms with E-state index in [9.17, 15) is 19.7 Å². The highest BCUT2D eigenvalue weighted by atomic mass is 35.5. The van der Waals surface area contributed by atoms with Gasteiger partial charge in [0.05, 0.1) is 10.5 Å². The number of hydrogen-bond donors (Lipinski definition) is 2. The van der Waals surface area contributed by atoms with Crippen LogP contribution in [0.5, 0.6) is 0 Å². The molecule has 2 amide bonds. The van der Waals surface area contributed by atoms with Crippen LogP contribution in [0.25, 0.3) is 6.08 Å². The molecular weight excluding hydrogens is 450 g/mol. The van der Waals surface area contributed by atoms with Crippen molar-refractivity contribution >= 4 is 46.9 Å². The largest absolute Gasteiger partial charge is 0.276 e. The highest BCUT2D eigenvalue weighted by Gasteiger charge is 2.10. The smallest absolute Gasteiger partial charge is 0.268 e. The number of benzene rings is 3. The van der Waals surface area contributed by atoms with Crippen molar-refractivity contribution in [1.29, 1.82) is 0 Å². The van der Waals surface area contributed by atoms with Gasteiger partial charge in [0.1, 0.15) is 0 Å². The van der Waals surface area contributed by atoms with E-state index in [1.54, 1.807) is 30.0 Å². The second-order valence-corrected chi connectivity index (χ2v) is 8.02. The van der Waals surface area contributed by atoms with Crippen molar-refractivity contribution < 1.29 is 14.5 Å². The van der Waals surface area contributed by atoms with Gasteiger partial charge in [-0.05, 0) is 54.1 Å². The fourth-order valence-corrected chi connectivity index (χ4v) is 3.62. The Labute approximate surface area is 193 Å². The Bertz CT molecular complexity index is 1150. The molecule has 0 aliphatic rings. The first kappa shape index (κ1) is 23.1. The molecule has 0 aliphatic carbocycles. The Hall–Kier alpha value is -3.62. The minimum atomic E-state index is -0.618. The number of hydrogen-bond acceptors (Lipinski definition) is 5. The summed E-state index contributed by atoms with van der Waals surface area (Å²) in [5.41, 5.74) is 6.16. The van der Waals surface area contributed by atoms with Crippen LogP contribution in [0, 0.1) is 10.1 Å². The van der Waals surface area contributed by atoms with Crippen LogP contribution in [-0.2, 0) is 10.5 Å². The molecule has 0 radical (unpaired) electrons. The van der Waals surface area contributed by atoms with E-state index in [0.717, 1.165) is 22.3 Å². The highest BCUT2D eigenvalue weighted by Crippen LogP contribution is 2.24. The highest BCUT2D eigenvalue weighted by molar-refractivity contribution is 7.98. The maximum absolute atomic E-state index is 12.2. The predicted octanol–water partition coefficient (Wildman–Crippen LogP) is 5.01. The molecule has 0 bridgehead atoms. The standard InChI is InChI=1S/C23H18ClN3O4S/c24-19-10-12-20(13-11-19)32-15-16-5-7-18(8-6-16)23(29)26-25-22(28)14-9-17-3-1-2-4-21(17)27(30)31/h1-14H,15H2,(H,25,28)(H,26,29). The molecule has 162 valence electrons. The van der Waals surface area contributed by atoms with Gasteiger partial charge in [-0.3, -0.25) is 30.6 Å². The van der Waals surface area contributed by atoms with E-state index in [2.05, 4.69) is 10.9 Å². The molecular formula is C23H18ClN3O4S. The molecule has 9 heteroatoms. The molecule has 0 heterocycles. The van der Waals surface area contributed by atoms with Crippen LogP contribution in [0.3, 0.4) is 0 Å². The Morgan fingerprint density at radius 1 is 0.969 bits per heavy atom. The van der Waals surface area contributed by atoms with Gasteiger partial charge < -0.3 is 0 Å². The predicted molar refractivity (Wildman–Crippen MR) is 125 cm³/mol. The van der Waals surface area contributed by atoms with Gasteiger partial charge in [-0.2, -0.15) is 0 Å². The maximum Gasteiger partial charge on any atom is 0.276 e. The van der Waals surface area contributed by atoms with Gasteiger partial charge in [0.15, 0.2) is 0 Å². The SMILES string of the molecule is O=C(C=Cc1ccccc1[N+](=O)[O-])NNC(=O)c1ccc(CSc2ccc(Cl)cc2)cc1. The Kier molecular flexibility index (Phi) is 8.02. The molecule has 3 aromatic rings. The summed E-state index contributed by atoms with van der Waals surface area (Å²) < 4.78 is 0. The van der Waals surface area contributed by atoms with E-state index < -0.39 is 16.7 Å². The monoisotopic (exact) mass is 467 g/mol. The van der Waals surface area contributed by atoms with Crippen LogP contribution in [0.15, 0.2) is 83.8 Å². The first-order valence-corrected chi connectivity index (χ1v) is 10.8. The number of amides is 2. The van der Waals surface area contributed by atoms with Gasteiger partial charge >= 0.3 is 0 Å². The number of carbonyl (C=O) groups is 2. The van der Waals surface area contributed by atoms with Crippen molar-refractivity contribution in [3.8, 4) is 0 Å². The van der Waals surface area contributed by atoms with E-state index in [1.165, 1.54) is 24.3 Å². The number of nitrogens with one attached hydrogen (secondary N) is 2. The summed E-state index contributed by atoms with van der Waals surface area (Å²) in [6.45, 7) is 0. The van der Waals surface area contributed by atoms with Crippen LogP contribution in [0.1, 0.15) is 21.5 Å². The third kappa shape index (κ3) is 6.69. The van der Waals surface area contributed by atoms with Gasteiger partial charge in [0, 0.05) is 33.4 Å². The zero-order valence-electron chi connectivity index (χ0n) is 16.7. The molecule has 0 saturated heterocycles. The van der Waals surface area contributed by atoms with Crippen molar-refractivity contribution in [1.82, 2.24) is 10.9 Å². The minimum absolute atomic E-state index is 0.116. The van der Waals surface area contributed by atoms with E-state index in [-0.39, 0.29) is 11.3 Å². The molecule has 0 aliphatic heterocycles. The summed E-state index contributed by atoms with van der Waals surface area (Å²) in [5.74, 6) is -0.363. The number of halogens is 1. The zero-order chi connectivity index (χ0) is 22.9. The third-order valence-electron chi connectivity index (χ3n) is 4.28. The van der Waals surface area contributed by atoms with E-state index in [1.807, 2.05) is 36.4 Å². The van der Waals surface area contributed by atoms with Crippen molar-refractivity contribution in [3.63, 3.8) is 0 Å². The fourth-order valence-electron chi connectivity index (χ4n) is 2.64. The molecule has 3 rings (SSSR count). The fraction of sp³-hybridized carbons (Fsp3) is 0.0435. The minimum Gasteiger partial charge on any atom is -0.268 e. The van der Waals surface area contributed by atoms with Gasteiger partial charge in [-0.25, -0.2) is 0 Å². The number of rotatable bonds is 7. The van der Waals surface area contributed by atoms with E-state index in [4.69, 9.17) is 11.6 Å². The number of nitro groups is 1. The molecule has 0 atom stereocenters. The Morgan fingerprint density at radius 3 is 2.34 bits per heavy atom. The Morgan fingerprint density at radius 2 is 1.66 bits per heavy atom. The zero-order valence-corrected chi connectivity index (χ0v) is 18.2. The summed E-state index contributed by atoms with van der Waals surface area (Å²) >= 11 is 7.53. The molecule has 0 aromatic heterocycles. The van der Waals surface area contributed by atoms with Crippen molar-refractivity contribution in [2.24, 2.45) is 0 Å². The van der Waals surface area contributed by atoms with Crippen LogP contribution in [-0.4, -0.2) is 16.7 Å². The van der Waals surface area contributed by atoms with Gasteiger partial charge in [0.25, 0.3) is 17.5 Å². The van der Waals surface area contributed by atoms with Crippen LogP contribution in [0.2, 0.25) is 5.02 Å². The first-order chi connectivity index (χ1) is 15.4. The van der Waals surface area contributed by atoms with Crippen LogP contribution < -0.4 is 10.9 Å². The summed E-state index contributed by atoms with van der Waals surface area (Å²) in [7, 11) is 0. The second kappa shape index (κ2) is 11.1. The normalized spacial score (nSPS) is 10.7. The molecule has 2 N–H and O–H groups in total. The number of thioether (sulfide) groups is 1. The lowest BCUT2D eigenvalue weighted by molar-refractivity contribution is -0.385. The van der Waals surface area contributed by atoms with Crippen molar-refractivity contribution in [3.05, 3.63) is 111 Å². The summed E-state index contributed by atoms with van der Waals surface area (Å²) in [6, 6.07) is 20.6. The Balaban J connectivity index is 1.49. The number of carbonyl (C=O) groups excluding carboxylic acids is 2. The lowest BCUT2D eigenvalue weighted by Gasteiger charge is -2.07. The van der Waals surface area contributed by atoms with E-state index >= 15 is 0 Å². The molecule has 32 heavy (non-hydrogen) atoms. The van der Waals surface area contributed by atoms with Gasteiger partial charge in [0.2, 0.25) is 0 Å². The molecule has 0 saturated carbocycles. The summed E-state index contributed by atoms with van der Waals surface area (Å²) in [6.07, 6.45) is 2.42. The quantitative estimate of drug-likeness (QED) is 0.220. The summed E-state index contributed by atoms with van der Waals surface area (Å²) in [5, 5.41) is 11.7. The molecule has 0 unspecified atom stereocenters. The maximum atomic E-state index is 12.2. The lowest BCUT2D eigenvalue weighted by Crippen LogP contribution is -2.40. The summed E-state index contributed by atoms with van der Waals surface area (Å²) in [4.78, 5) is 35.7. The second-order valence-electron chi connectivity index (χ2n) is 6.53. The number of para-hydroxylation sites is 1. The van der Waals surface area contributed by atoms with Crippen molar-refractivity contribution in [2.45, 2.75) is 10.6 Å². The average Bonchev–Trinajstić information content (AvgIpc) is 2.81. The van der Waals surface area contributed by atoms with Crippen LogP contribution in [0.4, 0.5) is 5.69 Å². The number of hydrazine groups is 1. The topological polar surface area (TPSA) is 101 Å². The number of nitrogens with zero attached hydrogens (tertiary/aromatic N) is 1. The van der Waals surface area contributed by atoms with Gasteiger partial charge in [-0.1, -0.05) is 35.9 Å². The molecule has 0 spiro atoms.